The molecule has 0 fully saturated rings. The van der Waals surface area contributed by atoms with Gasteiger partial charge in [0.05, 0.1) is 0 Å². The predicted molar refractivity (Wildman–Crippen MR) is 83.5 cm³/mol. The Bertz CT molecular complexity index is 541. The van der Waals surface area contributed by atoms with E-state index in [-0.39, 0.29) is 0 Å². The van der Waals surface area contributed by atoms with Gasteiger partial charge in [-0.15, -0.1) is 0 Å². The first-order valence-electron chi connectivity index (χ1n) is 6.94. The predicted octanol–water partition coefficient (Wildman–Crippen LogP) is 2.67. The molecule has 1 aromatic heterocycles. The van der Waals surface area contributed by atoms with Gasteiger partial charge in [-0.1, -0.05) is 37.3 Å². The summed E-state index contributed by atoms with van der Waals surface area (Å²) in [4.78, 5) is 11.3. The zero-order valence-corrected chi connectivity index (χ0v) is 12.0. The van der Waals surface area contributed by atoms with Crippen LogP contribution in [0.15, 0.2) is 36.4 Å². The lowest BCUT2D eigenvalue weighted by Gasteiger charge is -2.22. The molecule has 0 aliphatic heterocycles. The topological polar surface area (TPSA) is 67.1 Å². The Hall–Kier alpha value is -2.14. The second-order valence-electron chi connectivity index (χ2n) is 4.53. The van der Waals surface area contributed by atoms with Crippen LogP contribution in [0, 0.1) is 0 Å². The van der Waals surface area contributed by atoms with Gasteiger partial charge in [0.15, 0.2) is 5.82 Å². The molecule has 0 saturated carbocycles. The van der Waals surface area contributed by atoms with Crippen molar-refractivity contribution in [3.05, 3.63) is 36.4 Å². The quantitative estimate of drug-likeness (QED) is 0.624. The van der Waals surface area contributed by atoms with Gasteiger partial charge in [0.1, 0.15) is 11.6 Å². The summed E-state index contributed by atoms with van der Waals surface area (Å²) in [6.45, 7) is 6.15. The fourth-order valence-corrected chi connectivity index (χ4v) is 2.09. The van der Waals surface area contributed by atoms with Crippen molar-refractivity contribution >= 4 is 11.6 Å². The summed E-state index contributed by atoms with van der Waals surface area (Å²) < 4.78 is 0. The minimum Gasteiger partial charge on any atom is -0.357 e. The Morgan fingerprint density at radius 3 is 2.50 bits per heavy atom. The molecule has 0 aliphatic rings. The Labute approximate surface area is 119 Å². The minimum absolute atomic E-state index is 0.628. The molecule has 106 valence electrons. The lowest BCUT2D eigenvalue weighted by molar-refractivity contribution is 0.777. The standard InChI is InChI=1S/C15H21N5/c1-3-10-20(4-2)14-11-13(19-16)17-15(18-14)12-8-6-5-7-9-12/h5-9,11H,3-4,10,16H2,1-2H3,(H,17,18,19). The number of nitrogens with zero attached hydrogens (tertiary/aromatic N) is 3. The molecular formula is C15H21N5. The average molecular weight is 271 g/mol. The smallest absolute Gasteiger partial charge is 0.163 e. The molecule has 2 aromatic rings. The van der Waals surface area contributed by atoms with E-state index in [0.29, 0.717) is 11.6 Å². The molecule has 1 heterocycles. The summed E-state index contributed by atoms with van der Waals surface area (Å²) in [5, 5.41) is 0. The number of aromatic nitrogens is 2. The third-order valence-electron chi connectivity index (χ3n) is 3.09. The average Bonchev–Trinajstić information content (AvgIpc) is 2.53. The van der Waals surface area contributed by atoms with Gasteiger partial charge >= 0.3 is 0 Å². The zero-order chi connectivity index (χ0) is 14.4. The number of benzene rings is 1. The van der Waals surface area contributed by atoms with Crippen molar-refractivity contribution in [1.29, 1.82) is 0 Å². The van der Waals surface area contributed by atoms with Crippen molar-refractivity contribution in [3.8, 4) is 11.4 Å². The Morgan fingerprint density at radius 2 is 1.90 bits per heavy atom. The van der Waals surface area contributed by atoms with E-state index in [9.17, 15) is 0 Å². The van der Waals surface area contributed by atoms with Crippen molar-refractivity contribution in [2.45, 2.75) is 20.3 Å². The van der Waals surface area contributed by atoms with Crippen LogP contribution in [-0.2, 0) is 0 Å². The van der Waals surface area contributed by atoms with Gasteiger partial charge in [-0.05, 0) is 13.3 Å². The third-order valence-corrected chi connectivity index (χ3v) is 3.09. The molecule has 0 bridgehead atoms. The molecule has 5 heteroatoms. The van der Waals surface area contributed by atoms with Crippen molar-refractivity contribution < 1.29 is 0 Å². The van der Waals surface area contributed by atoms with Crippen molar-refractivity contribution in [1.82, 2.24) is 9.97 Å². The van der Waals surface area contributed by atoms with Gasteiger partial charge in [-0.3, -0.25) is 0 Å². The van der Waals surface area contributed by atoms with Gasteiger partial charge < -0.3 is 10.3 Å². The van der Waals surface area contributed by atoms with E-state index in [1.54, 1.807) is 0 Å². The Morgan fingerprint density at radius 1 is 1.15 bits per heavy atom. The first-order chi connectivity index (χ1) is 9.78. The summed E-state index contributed by atoms with van der Waals surface area (Å²) >= 11 is 0. The molecular weight excluding hydrogens is 250 g/mol. The van der Waals surface area contributed by atoms with Gasteiger partial charge in [0.2, 0.25) is 0 Å². The summed E-state index contributed by atoms with van der Waals surface area (Å²) in [6, 6.07) is 11.8. The molecule has 0 atom stereocenters. The van der Waals surface area contributed by atoms with Crippen molar-refractivity contribution in [3.63, 3.8) is 0 Å². The van der Waals surface area contributed by atoms with E-state index in [0.717, 1.165) is 30.9 Å². The molecule has 0 amide bonds. The van der Waals surface area contributed by atoms with Crippen LogP contribution in [0.25, 0.3) is 11.4 Å². The van der Waals surface area contributed by atoms with Crippen LogP contribution in [-0.4, -0.2) is 23.1 Å². The third kappa shape index (κ3) is 3.24. The van der Waals surface area contributed by atoms with Gasteiger partial charge in [-0.2, -0.15) is 0 Å². The van der Waals surface area contributed by atoms with E-state index in [1.165, 1.54) is 0 Å². The van der Waals surface area contributed by atoms with E-state index in [1.807, 2.05) is 36.4 Å². The van der Waals surface area contributed by atoms with Crippen LogP contribution in [0.1, 0.15) is 20.3 Å². The second kappa shape index (κ2) is 6.86. The van der Waals surface area contributed by atoms with Crippen molar-refractivity contribution in [2.24, 2.45) is 5.84 Å². The molecule has 20 heavy (non-hydrogen) atoms. The first-order valence-corrected chi connectivity index (χ1v) is 6.94. The highest BCUT2D eigenvalue weighted by molar-refractivity contribution is 5.61. The minimum atomic E-state index is 0.628. The molecule has 3 N–H and O–H groups in total. The van der Waals surface area contributed by atoms with Crippen LogP contribution in [0.3, 0.4) is 0 Å². The molecule has 2 rings (SSSR count). The second-order valence-corrected chi connectivity index (χ2v) is 4.53. The van der Waals surface area contributed by atoms with E-state index < -0.39 is 0 Å². The highest BCUT2D eigenvalue weighted by Gasteiger charge is 2.10. The monoisotopic (exact) mass is 271 g/mol. The number of anilines is 2. The molecule has 0 spiro atoms. The summed E-state index contributed by atoms with van der Waals surface area (Å²) in [7, 11) is 0. The number of hydrazine groups is 1. The number of nitrogen functional groups attached to an aromatic ring is 1. The number of nitrogens with one attached hydrogen (secondary N) is 1. The van der Waals surface area contributed by atoms with Crippen molar-refractivity contribution in [2.75, 3.05) is 23.4 Å². The van der Waals surface area contributed by atoms with E-state index in [4.69, 9.17) is 5.84 Å². The van der Waals surface area contributed by atoms with Gasteiger partial charge in [-0.25, -0.2) is 15.8 Å². The maximum Gasteiger partial charge on any atom is 0.163 e. The first kappa shape index (κ1) is 14.3. The van der Waals surface area contributed by atoms with Crippen LogP contribution in [0.2, 0.25) is 0 Å². The van der Waals surface area contributed by atoms with Crippen LogP contribution >= 0.6 is 0 Å². The zero-order valence-electron chi connectivity index (χ0n) is 12.0. The fourth-order valence-electron chi connectivity index (χ4n) is 2.09. The van der Waals surface area contributed by atoms with Crippen LogP contribution in [0.4, 0.5) is 11.6 Å². The lowest BCUT2D eigenvalue weighted by atomic mass is 10.2. The van der Waals surface area contributed by atoms with E-state index >= 15 is 0 Å². The number of hydrogen-bond acceptors (Lipinski definition) is 5. The molecule has 0 unspecified atom stereocenters. The largest absolute Gasteiger partial charge is 0.357 e. The molecule has 0 saturated heterocycles. The van der Waals surface area contributed by atoms with Crippen LogP contribution < -0.4 is 16.2 Å². The lowest BCUT2D eigenvalue weighted by Crippen LogP contribution is -2.25. The number of hydrogen-bond donors (Lipinski definition) is 2. The maximum atomic E-state index is 5.52. The highest BCUT2D eigenvalue weighted by Crippen LogP contribution is 2.22. The number of rotatable bonds is 6. The fraction of sp³-hybridized carbons (Fsp3) is 0.333. The Kier molecular flexibility index (Phi) is 4.90. The molecule has 1 aromatic carbocycles. The normalized spacial score (nSPS) is 10.3. The van der Waals surface area contributed by atoms with E-state index in [2.05, 4.69) is 34.1 Å². The van der Waals surface area contributed by atoms with Gasteiger partial charge in [0.25, 0.3) is 0 Å². The molecule has 5 nitrogen and oxygen atoms in total. The van der Waals surface area contributed by atoms with Crippen LogP contribution in [0.5, 0.6) is 0 Å². The summed E-state index contributed by atoms with van der Waals surface area (Å²) in [6.07, 6.45) is 1.07. The number of nitrogens with two attached hydrogens (primary N) is 1. The SMILES string of the molecule is CCCN(CC)c1cc(NN)nc(-c2ccccc2)n1. The summed E-state index contributed by atoms with van der Waals surface area (Å²) in [5.74, 6) is 7.74. The maximum absolute atomic E-state index is 5.52. The van der Waals surface area contributed by atoms with Gasteiger partial charge in [0, 0.05) is 24.7 Å². The highest BCUT2D eigenvalue weighted by atomic mass is 15.3. The Balaban J connectivity index is 2.43. The molecule has 0 aliphatic carbocycles. The molecule has 0 radical (unpaired) electrons. The summed E-state index contributed by atoms with van der Waals surface area (Å²) in [5.41, 5.74) is 3.61.